The van der Waals surface area contributed by atoms with Crippen LogP contribution in [0, 0.1) is 10.1 Å². The van der Waals surface area contributed by atoms with Crippen LogP contribution >= 0.6 is 20.4 Å². The Bertz CT molecular complexity index is 598. The van der Waals surface area contributed by atoms with Gasteiger partial charge in [-0.2, -0.15) is 0 Å². The van der Waals surface area contributed by atoms with Gasteiger partial charge in [0.15, 0.2) is 0 Å². The summed E-state index contributed by atoms with van der Waals surface area (Å²) in [6.07, 6.45) is 0. The molecule has 1 aromatic rings. The molecule has 0 N–H and O–H groups in total. The van der Waals surface area contributed by atoms with Gasteiger partial charge in [0.2, 0.25) is 0 Å². The second-order valence-electron chi connectivity index (χ2n) is 3.86. The molecule has 0 heterocycles. The lowest BCUT2D eigenvalue weighted by atomic mass is 10.3. The van der Waals surface area contributed by atoms with Crippen LogP contribution in [0.15, 0.2) is 28.0 Å². The van der Waals surface area contributed by atoms with Gasteiger partial charge in [0.1, 0.15) is 9.79 Å². The summed E-state index contributed by atoms with van der Waals surface area (Å²) in [6.45, 7) is 0. The molecule has 0 amide bonds. The summed E-state index contributed by atoms with van der Waals surface area (Å²) in [7, 11) is -21.6. The maximum absolute atomic E-state index is 12.4. The maximum Gasteiger partial charge on any atom is 0.310 e. The summed E-state index contributed by atoms with van der Waals surface area (Å²) in [6, 6.07) is -3.40. The molecule has 0 aromatic heterocycles. The van der Waals surface area contributed by atoms with Crippen molar-refractivity contribution in [2.45, 2.75) is 9.79 Å². The predicted molar refractivity (Wildman–Crippen MR) is 55.9 cm³/mol. The molecule has 1 aromatic carbocycles. The molecule has 0 saturated heterocycles. The second-order valence-corrected chi connectivity index (χ2v) is 8.68. The maximum atomic E-state index is 12.4. The zero-order chi connectivity index (χ0) is 17.2. The fourth-order valence-electron chi connectivity index (χ4n) is 1.11. The summed E-state index contributed by atoms with van der Waals surface area (Å²) >= 11 is 0. The van der Waals surface area contributed by atoms with Gasteiger partial charge in [0.25, 0.3) is 5.69 Å². The molecule has 0 saturated carbocycles. The quantitative estimate of drug-likeness (QED) is 0.327. The van der Waals surface area contributed by atoms with Gasteiger partial charge in [-0.1, -0.05) is 38.9 Å². The minimum atomic E-state index is -10.8. The first-order valence-electron chi connectivity index (χ1n) is 4.27. The van der Waals surface area contributed by atoms with Crippen molar-refractivity contribution in [3.05, 3.63) is 28.3 Å². The molecule has 0 spiro atoms. The van der Waals surface area contributed by atoms with Gasteiger partial charge in [-0.25, -0.2) is 0 Å². The van der Waals surface area contributed by atoms with E-state index >= 15 is 0 Å². The lowest BCUT2D eigenvalue weighted by molar-refractivity contribution is -0.385. The van der Waals surface area contributed by atoms with Crippen molar-refractivity contribution in [3.8, 4) is 0 Å². The van der Waals surface area contributed by atoms with Gasteiger partial charge in [-0.05, 0) is 6.07 Å². The highest BCUT2D eigenvalue weighted by Gasteiger charge is 2.70. The molecule has 0 aliphatic carbocycles. The minimum Gasteiger partial charge on any atom is -0.258 e. The summed E-state index contributed by atoms with van der Waals surface area (Å²) in [5.74, 6) is 0. The van der Waals surface area contributed by atoms with E-state index in [2.05, 4.69) is 0 Å². The van der Waals surface area contributed by atoms with Crippen LogP contribution in [0.4, 0.5) is 44.5 Å². The Morgan fingerprint density at radius 1 is 0.714 bits per heavy atom. The number of nitro groups is 1. The van der Waals surface area contributed by atoms with Gasteiger partial charge in [0.05, 0.1) is 4.92 Å². The second kappa shape index (κ2) is 3.04. The van der Waals surface area contributed by atoms with Crippen LogP contribution in [0.25, 0.3) is 0 Å². The van der Waals surface area contributed by atoms with Crippen LogP contribution in [-0.4, -0.2) is 4.92 Å². The number of benzene rings is 1. The third-order valence-corrected chi connectivity index (χ3v) is 4.22. The number of halogens is 10. The van der Waals surface area contributed by atoms with E-state index in [0.29, 0.717) is 0 Å². The molecule has 0 bridgehead atoms. The van der Waals surface area contributed by atoms with Gasteiger partial charge in [-0.3, -0.25) is 10.1 Å². The lowest BCUT2D eigenvalue weighted by Gasteiger charge is -2.43. The Balaban J connectivity index is 3.93. The smallest absolute Gasteiger partial charge is 0.258 e. The number of hydrogen-bond acceptors (Lipinski definition) is 2. The molecule has 126 valence electrons. The predicted octanol–water partition coefficient (Wildman–Crippen LogP) is 6.91. The average molecular weight is 375 g/mol. The fourth-order valence-corrected chi connectivity index (χ4v) is 2.57. The Kier molecular flexibility index (Phi) is 2.56. The van der Waals surface area contributed by atoms with E-state index in [1.807, 2.05) is 0 Å². The number of hydrogen-bond donors (Lipinski definition) is 0. The van der Waals surface area contributed by atoms with Crippen molar-refractivity contribution in [2.24, 2.45) is 0 Å². The van der Waals surface area contributed by atoms with E-state index in [1.165, 1.54) is 0 Å². The normalized spacial score (nSPS) is 19.9. The average Bonchev–Trinajstić information content (AvgIpc) is 2.09. The highest BCUT2D eigenvalue weighted by molar-refractivity contribution is 8.46. The van der Waals surface area contributed by atoms with Crippen LogP contribution in [0.3, 0.4) is 0 Å². The summed E-state index contributed by atoms with van der Waals surface area (Å²) in [4.78, 5) is 1.41. The Morgan fingerprint density at radius 2 is 1.00 bits per heavy atom. The zero-order valence-corrected chi connectivity index (χ0v) is 10.7. The fraction of sp³-hybridized carbons (Fsp3) is 0. The van der Waals surface area contributed by atoms with Crippen molar-refractivity contribution in [3.63, 3.8) is 0 Å². The van der Waals surface area contributed by atoms with Gasteiger partial charge >= 0.3 is 20.4 Å². The molecule has 0 unspecified atom stereocenters. The Labute approximate surface area is 109 Å². The first-order chi connectivity index (χ1) is 8.49. The van der Waals surface area contributed by atoms with Crippen LogP contribution in [-0.2, 0) is 0 Å². The molecule has 0 aliphatic heterocycles. The van der Waals surface area contributed by atoms with E-state index in [1.54, 1.807) is 0 Å². The molecule has 0 fully saturated rings. The van der Waals surface area contributed by atoms with Crippen molar-refractivity contribution in [2.75, 3.05) is 0 Å². The standard InChI is InChI=1S/C6H3F10NO2S2/c7-20(8,9,10,11)5-1-4(17(18)19)2-6(3-5)21(12,13,14,15)16/h1-3H. The SMILES string of the molecule is O=[N+]([O-])c1cc(S(F)(F)(F)(F)F)cc(S(F)(F)(F)(F)F)c1. The Hall–Kier alpha value is -1.38. The molecule has 0 atom stereocenters. The molecule has 15 heteroatoms. The first-order valence-corrected chi connectivity index (χ1v) is 8.17. The Morgan fingerprint density at radius 3 is 1.19 bits per heavy atom. The molecule has 0 radical (unpaired) electrons. The van der Waals surface area contributed by atoms with E-state index < -0.39 is 59.0 Å². The minimum absolute atomic E-state index is 0.936. The van der Waals surface area contributed by atoms with Gasteiger partial charge in [-0.15, -0.1) is 0 Å². The molecular weight excluding hydrogens is 372 g/mol. The van der Waals surface area contributed by atoms with Crippen molar-refractivity contribution >= 4 is 26.1 Å². The summed E-state index contributed by atoms with van der Waals surface area (Å²) < 4.78 is 124. The van der Waals surface area contributed by atoms with Crippen molar-refractivity contribution in [1.29, 1.82) is 0 Å². The van der Waals surface area contributed by atoms with Crippen LogP contribution in [0.1, 0.15) is 0 Å². The largest absolute Gasteiger partial charge is 0.310 e. The monoisotopic (exact) mass is 375 g/mol. The van der Waals surface area contributed by atoms with Crippen molar-refractivity contribution < 1.29 is 43.8 Å². The van der Waals surface area contributed by atoms with Gasteiger partial charge in [0, 0.05) is 12.1 Å². The van der Waals surface area contributed by atoms with Crippen LogP contribution < -0.4 is 0 Å². The van der Waals surface area contributed by atoms with E-state index in [9.17, 15) is 49.0 Å². The topological polar surface area (TPSA) is 43.1 Å². The number of rotatable bonds is 3. The molecule has 21 heavy (non-hydrogen) atoms. The molecule has 0 aliphatic rings. The summed E-state index contributed by atoms with van der Waals surface area (Å²) in [5, 5.41) is 10.2. The first kappa shape index (κ1) is 17.7. The zero-order valence-electron chi connectivity index (χ0n) is 9.09. The lowest BCUT2D eigenvalue weighted by Crippen LogP contribution is -2.11. The number of non-ortho nitro benzene ring substituents is 1. The highest BCUT2D eigenvalue weighted by Crippen LogP contribution is 3.05. The third kappa shape index (κ3) is 4.29. The van der Waals surface area contributed by atoms with Gasteiger partial charge < -0.3 is 0 Å². The summed E-state index contributed by atoms with van der Waals surface area (Å²) in [5.41, 5.74) is -2.19. The third-order valence-electron chi connectivity index (χ3n) is 1.97. The van der Waals surface area contributed by atoms with Crippen LogP contribution in [0.2, 0.25) is 0 Å². The van der Waals surface area contributed by atoms with Crippen LogP contribution in [0.5, 0.6) is 0 Å². The van der Waals surface area contributed by atoms with Crippen molar-refractivity contribution in [1.82, 2.24) is 0 Å². The molecule has 1 rings (SSSR count). The highest BCUT2D eigenvalue weighted by atomic mass is 32.5. The number of nitro benzene ring substituents is 1. The molecule has 3 nitrogen and oxygen atoms in total. The van der Waals surface area contributed by atoms with E-state index in [0.717, 1.165) is 0 Å². The number of nitrogens with zero attached hydrogens (tertiary/aromatic N) is 1. The van der Waals surface area contributed by atoms with E-state index in [4.69, 9.17) is 0 Å². The van der Waals surface area contributed by atoms with E-state index in [-0.39, 0.29) is 0 Å². The molecular formula is C6H3F10NO2S2.